The van der Waals surface area contributed by atoms with E-state index in [2.05, 4.69) is 14.9 Å². The molecule has 5 heterocycles. The van der Waals surface area contributed by atoms with Crippen LogP contribution in [0.1, 0.15) is 40.5 Å². The third-order valence-corrected chi connectivity index (χ3v) is 7.02. The summed E-state index contributed by atoms with van der Waals surface area (Å²) >= 11 is 7.40. The highest BCUT2D eigenvalue weighted by atomic mass is 35.5. The largest absolute Gasteiger partial charge is 0.472 e. The number of piperazine rings is 1. The van der Waals surface area contributed by atoms with Gasteiger partial charge >= 0.3 is 6.09 Å². The number of hydrogen-bond donors (Lipinski definition) is 0. The number of fused-ring (bicyclic) bond motifs is 5. The first-order valence-corrected chi connectivity index (χ1v) is 12.2. The van der Waals surface area contributed by atoms with Crippen LogP contribution in [0.2, 0.25) is 5.15 Å². The molecule has 172 valence electrons. The Hall–Kier alpha value is -2.07. The van der Waals surface area contributed by atoms with Crippen molar-refractivity contribution in [2.75, 3.05) is 17.7 Å². The van der Waals surface area contributed by atoms with Gasteiger partial charge in [-0.15, -0.1) is 0 Å². The van der Waals surface area contributed by atoms with Gasteiger partial charge in [0, 0.05) is 6.54 Å². The van der Waals surface area contributed by atoms with E-state index in [4.69, 9.17) is 26.1 Å². The molecule has 2 fully saturated rings. The molecule has 5 rings (SSSR count). The van der Waals surface area contributed by atoms with Crippen molar-refractivity contribution in [2.45, 2.75) is 75.5 Å². The van der Waals surface area contributed by atoms with E-state index in [0.717, 1.165) is 12.8 Å². The molecule has 0 saturated carbocycles. The number of rotatable bonds is 1. The normalized spacial score (nSPS) is 26.6. The van der Waals surface area contributed by atoms with E-state index >= 15 is 0 Å². The third-order valence-electron chi connectivity index (χ3n) is 6.22. The summed E-state index contributed by atoms with van der Waals surface area (Å²) in [5, 5.41) is 0.576. The van der Waals surface area contributed by atoms with E-state index < -0.39 is 11.4 Å². The molecule has 3 aliphatic rings. The van der Waals surface area contributed by atoms with E-state index in [9.17, 15) is 9.18 Å². The van der Waals surface area contributed by atoms with E-state index in [1.54, 1.807) is 0 Å². The molecule has 0 aromatic carbocycles. The van der Waals surface area contributed by atoms with Crippen molar-refractivity contribution in [1.29, 1.82) is 0 Å². The fraction of sp³-hybridized carbons (Fsp3) is 0.619. The molecule has 0 unspecified atom stereocenters. The molecule has 4 atom stereocenters. The molecule has 2 aromatic heterocycles. The van der Waals surface area contributed by atoms with E-state index in [-0.39, 0.29) is 46.9 Å². The molecular formula is C21H25ClFN5O3S. The Labute approximate surface area is 194 Å². The molecule has 0 radical (unpaired) electrons. The van der Waals surface area contributed by atoms with Gasteiger partial charge in [0.05, 0.1) is 18.1 Å². The number of aromatic nitrogens is 3. The number of amides is 1. The minimum absolute atomic E-state index is 0.0345. The molecule has 1 amide bonds. The SMILES string of the molecule is CSc1nc2c3c(nc(Cl)c(F)c3n1)O[C@@H](C)[C@@H]1[C@@H]3CC[C@H](CN21)N3C(=O)OC(C)(C)C. The standard InChI is InChI=1S/C21H25ClFN5O3S/c1-9-15-11-7-6-10(28(11)20(29)31-21(2,3)4)8-27(15)17-12-14(24-19(26-17)32-5)13(23)16(22)25-18(12)30-9/h9-11,15H,6-8H2,1-5H3/t9-,10+,11-,15+/m0/s1. The Kier molecular flexibility index (Phi) is 5.09. The summed E-state index contributed by atoms with van der Waals surface area (Å²) in [6.07, 6.45) is 2.85. The molecule has 32 heavy (non-hydrogen) atoms. The Bertz CT molecular complexity index is 1110. The van der Waals surface area contributed by atoms with Gasteiger partial charge in [0.15, 0.2) is 16.1 Å². The van der Waals surface area contributed by atoms with Crippen LogP contribution in [0.4, 0.5) is 15.0 Å². The van der Waals surface area contributed by atoms with Crippen molar-refractivity contribution in [2.24, 2.45) is 0 Å². The number of ether oxygens (including phenoxy) is 2. The topological polar surface area (TPSA) is 80.7 Å². The van der Waals surface area contributed by atoms with Crippen molar-refractivity contribution in [1.82, 2.24) is 19.9 Å². The zero-order chi connectivity index (χ0) is 22.9. The maximum Gasteiger partial charge on any atom is 0.410 e. The highest BCUT2D eigenvalue weighted by Crippen LogP contribution is 2.45. The average molecular weight is 482 g/mol. The van der Waals surface area contributed by atoms with Crippen molar-refractivity contribution in [3.63, 3.8) is 0 Å². The van der Waals surface area contributed by atoms with Gasteiger partial charge in [-0.25, -0.2) is 19.2 Å². The van der Waals surface area contributed by atoms with Gasteiger partial charge in [-0.2, -0.15) is 4.98 Å². The zero-order valence-electron chi connectivity index (χ0n) is 18.6. The molecule has 0 spiro atoms. The summed E-state index contributed by atoms with van der Waals surface area (Å²) in [5.74, 6) is 0.109. The van der Waals surface area contributed by atoms with E-state index in [0.29, 0.717) is 22.9 Å². The number of halogens is 2. The highest BCUT2D eigenvalue weighted by molar-refractivity contribution is 7.98. The summed E-state index contributed by atoms with van der Waals surface area (Å²) < 4.78 is 26.9. The van der Waals surface area contributed by atoms with Gasteiger partial charge < -0.3 is 14.4 Å². The first kappa shape index (κ1) is 21.8. The van der Waals surface area contributed by atoms with Gasteiger partial charge in [0.1, 0.15) is 28.4 Å². The van der Waals surface area contributed by atoms with Gasteiger partial charge in [-0.05, 0) is 46.8 Å². The average Bonchev–Trinajstić information content (AvgIpc) is 2.96. The molecule has 8 nitrogen and oxygen atoms in total. The summed E-state index contributed by atoms with van der Waals surface area (Å²) in [6.45, 7) is 8.06. The lowest BCUT2D eigenvalue weighted by atomic mass is 9.98. The highest BCUT2D eigenvalue weighted by Gasteiger charge is 2.53. The first-order chi connectivity index (χ1) is 15.1. The Balaban J connectivity index is 1.64. The summed E-state index contributed by atoms with van der Waals surface area (Å²) in [6, 6.07) is -0.367. The summed E-state index contributed by atoms with van der Waals surface area (Å²) in [5.41, 5.74) is -0.483. The number of anilines is 1. The van der Waals surface area contributed by atoms with Gasteiger partial charge in [-0.1, -0.05) is 23.4 Å². The smallest absolute Gasteiger partial charge is 0.410 e. The lowest BCUT2D eigenvalue weighted by Gasteiger charge is -2.48. The third kappa shape index (κ3) is 3.34. The molecule has 0 N–H and O–H groups in total. The van der Waals surface area contributed by atoms with Crippen LogP contribution in [0.15, 0.2) is 5.16 Å². The van der Waals surface area contributed by atoms with Crippen LogP contribution in [0.3, 0.4) is 0 Å². The monoisotopic (exact) mass is 481 g/mol. The number of carbonyl (C=O) groups excluding carboxylic acids is 1. The van der Waals surface area contributed by atoms with Gasteiger partial charge in [-0.3, -0.25) is 4.90 Å². The minimum atomic E-state index is -0.686. The van der Waals surface area contributed by atoms with Gasteiger partial charge in [0.25, 0.3) is 0 Å². The van der Waals surface area contributed by atoms with Crippen LogP contribution >= 0.6 is 23.4 Å². The number of thioether (sulfide) groups is 1. The number of carbonyl (C=O) groups is 1. The van der Waals surface area contributed by atoms with Crippen molar-refractivity contribution < 1.29 is 18.7 Å². The second-order valence-corrected chi connectivity index (χ2v) is 10.6. The summed E-state index contributed by atoms with van der Waals surface area (Å²) in [7, 11) is 0. The number of nitrogens with zero attached hydrogens (tertiary/aromatic N) is 5. The fourth-order valence-corrected chi connectivity index (χ4v) is 5.61. The Morgan fingerprint density at radius 2 is 2.03 bits per heavy atom. The second kappa shape index (κ2) is 7.48. The second-order valence-electron chi connectivity index (χ2n) is 9.43. The maximum absolute atomic E-state index is 14.9. The Morgan fingerprint density at radius 3 is 2.72 bits per heavy atom. The van der Waals surface area contributed by atoms with Crippen LogP contribution in [0.5, 0.6) is 5.88 Å². The van der Waals surface area contributed by atoms with Crippen LogP contribution in [0, 0.1) is 5.82 Å². The van der Waals surface area contributed by atoms with Crippen molar-refractivity contribution >= 4 is 46.2 Å². The van der Waals surface area contributed by atoms with Crippen LogP contribution in [-0.4, -0.2) is 68.6 Å². The summed E-state index contributed by atoms with van der Waals surface area (Å²) in [4.78, 5) is 30.3. The van der Waals surface area contributed by atoms with Gasteiger partial charge in [0.2, 0.25) is 5.88 Å². The fourth-order valence-electron chi connectivity index (χ4n) is 5.08. The molecule has 3 aliphatic heterocycles. The molecular weight excluding hydrogens is 457 g/mol. The lowest BCUT2D eigenvalue weighted by molar-refractivity contribution is 0.000950. The predicted molar refractivity (Wildman–Crippen MR) is 120 cm³/mol. The molecule has 2 saturated heterocycles. The predicted octanol–water partition coefficient (Wildman–Crippen LogP) is 4.28. The van der Waals surface area contributed by atoms with Crippen LogP contribution < -0.4 is 9.64 Å². The number of hydrogen-bond acceptors (Lipinski definition) is 8. The van der Waals surface area contributed by atoms with Crippen molar-refractivity contribution in [3.05, 3.63) is 11.0 Å². The lowest BCUT2D eigenvalue weighted by Crippen LogP contribution is -2.65. The number of pyridine rings is 1. The quantitative estimate of drug-likeness (QED) is 0.339. The van der Waals surface area contributed by atoms with E-state index in [1.807, 2.05) is 38.9 Å². The van der Waals surface area contributed by atoms with Crippen LogP contribution in [-0.2, 0) is 4.74 Å². The molecule has 2 bridgehead atoms. The van der Waals surface area contributed by atoms with E-state index in [1.165, 1.54) is 11.8 Å². The maximum atomic E-state index is 14.9. The zero-order valence-corrected chi connectivity index (χ0v) is 20.1. The molecule has 11 heteroatoms. The first-order valence-electron chi connectivity index (χ1n) is 10.6. The Morgan fingerprint density at radius 1 is 1.28 bits per heavy atom. The minimum Gasteiger partial charge on any atom is -0.472 e. The van der Waals surface area contributed by atoms with Crippen molar-refractivity contribution in [3.8, 4) is 5.88 Å². The molecule has 2 aromatic rings. The van der Waals surface area contributed by atoms with Crippen LogP contribution in [0.25, 0.3) is 10.9 Å². The molecule has 0 aliphatic carbocycles.